The van der Waals surface area contributed by atoms with Gasteiger partial charge in [-0.25, -0.2) is 5.32 Å². The zero-order valence-corrected chi connectivity index (χ0v) is 9.65. The highest BCUT2D eigenvalue weighted by Gasteiger charge is 2.19. The summed E-state index contributed by atoms with van der Waals surface area (Å²) >= 11 is 2.04. The second kappa shape index (κ2) is 6.68. The van der Waals surface area contributed by atoms with Gasteiger partial charge in [0, 0.05) is 18.1 Å². The fourth-order valence-electron chi connectivity index (χ4n) is 1.61. The third-order valence-electron chi connectivity index (χ3n) is 2.47. The molecule has 1 rings (SSSR count). The van der Waals surface area contributed by atoms with Crippen molar-refractivity contribution in [3.8, 4) is 0 Å². The first-order valence-electron chi connectivity index (χ1n) is 5.36. The maximum absolute atomic E-state index is 4.66. The van der Waals surface area contributed by atoms with E-state index in [1.807, 2.05) is 11.8 Å². The summed E-state index contributed by atoms with van der Waals surface area (Å²) in [7, 11) is 0. The Bertz CT molecular complexity index is 124. The lowest BCUT2D eigenvalue weighted by Crippen LogP contribution is -2.46. The summed E-state index contributed by atoms with van der Waals surface area (Å²) in [6.07, 6.45) is 3.11. The van der Waals surface area contributed by atoms with Crippen molar-refractivity contribution in [2.75, 3.05) is 31.1 Å². The van der Waals surface area contributed by atoms with E-state index in [1.165, 1.54) is 30.9 Å². The van der Waals surface area contributed by atoms with E-state index in [0.717, 1.165) is 13.1 Å². The molecule has 1 aliphatic heterocycles. The van der Waals surface area contributed by atoms with Crippen LogP contribution in [0.25, 0.3) is 0 Å². The van der Waals surface area contributed by atoms with E-state index >= 15 is 0 Å². The quantitative estimate of drug-likeness (QED) is 0.674. The van der Waals surface area contributed by atoms with Gasteiger partial charge in [-0.3, -0.25) is 4.90 Å². The van der Waals surface area contributed by atoms with E-state index in [-0.39, 0.29) is 0 Å². The van der Waals surface area contributed by atoms with Crippen molar-refractivity contribution >= 4 is 11.8 Å². The summed E-state index contributed by atoms with van der Waals surface area (Å²) < 4.78 is 0. The van der Waals surface area contributed by atoms with E-state index in [1.54, 1.807) is 0 Å². The Labute approximate surface area is 86.5 Å². The molecule has 13 heavy (non-hydrogen) atoms. The number of hydrogen-bond acceptors (Lipinski definition) is 2. The van der Waals surface area contributed by atoms with Crippen LogP contribution >= 0.6 is 11.8 Å². The van der Waals surface area contributed by atoms with E-state index in [0.29, 0.717) is 6.17 Å². The van der Waals surface area contributed by atoms with Gasteiger partial charge in [0.2, 0.25) is 0 Å². The molecule has 0 bridgehead atoms. The van der Waals surface area contributed by atoms with Crippen LogP contribution in [0, 0.1) is 0 Å². The third kappa shape index (κ3) is 3.88. The highest BCUT2D eigenvalue weighted by molar-refractivity contribution is 7.99. The summed E-state index contributed by atoms with van der Waals surface area (Å²) in [6.45, 7) is 7.92. The molecule has 1 atom stereocenters. The number of thioether (sulfide) groups is 1. The summed E-state index contributed by atoms with van der Waals surface area (Å²) in [4.78, 5) is 2.51. The smallest absolute Gasteiger partial charge is 0.0852 e. The van der Waals surface area contributed by atoms with Crippen LogP contribution in [0.5, 0.6) is 0 Å². The van der Waals surface area contributed by atoms with Crippen molar-refractivity contribution < 1.29 is 0 Å². The van der Waals surface area contributed by atoms with Gasteiger partial charge in [-0.2, -0.15) is 11.8 Å². The minimum atomic E-state index is 0.510. The monoisotopic (exact) mass is 201 g/mol. The van der Waals surface area contributed by atoms with Gasteiger partial charge in [0.05, 0.1) is 6.17 Å². The molecule has 1 saturated heterocycles. The SMILES string of the molecule is CCCCN(CC)C1CSCC[N]1. The molecule has 0 aromatic heterocycles. The Kier molecular flexibility index (Phi) is 5.83. The first-order valence-corrected chi connectivity index (χ1v) is 6.52. The van der Waals surface area contributed by atoms with Gasteiger partial charge in [0.1, 0.15) is 0 Å². The van der Waals surface area contributed by atoms with E-state index in [2.05, 4.69) is 24.1 Å². The van der Waals surface area contributed by atoms with E-state index < -0.39 is 0 Å². The molecule has 0 aromatic rings. The largest absolute Gasteiger partial charge is 0.286 e. The maximum Gasteiger partial charge on any atom is 0.0852 e. The highest BCUT2D eigenvalue weighted by Crippen LogP contribution is 2.13. The molecule has 0 aliphatic carbocycles. The second-order valence-corrected chi connectivity index (χ2v) is 4.59. The van der Waals surface area contributed by atoms with Crippen LogP contribution in [0.3, 0.4) is 0 Å². The third-order valence-corrected chi connectivity index (χ3v) is 3.47. The van der Waals surface area contributed by atoms with Gasteiger partial charge in [0.15, 0.2) is 0 Å². The van der Waals surface area contributed by atoms with Crippen LogP contribution in [-0.4, -0.2) is 42.2 Å². The second-order valence-electron chi connectivity index (χ2n) is 3.44. The lowest BCUT2D eigenvalue weighted by molar-refractivity contribution is 0.185. The average molecular weight is 201 g/mol. The van der Waals surface area contributed by atoms with Crippen LogP contribution in [0.2, 0.25) is 0 Å². The Morgan fingerprint density at radius 1 is 1.46 bits per heavy atom. The summed E-state index contributed by atoms with van der Waals surface area (Å²) in [5, 5.41) is 4.66. The Hall–Kier alpha value is 0.270. The molecule has 1 heterocycles. The van der Waals surface area contributed by atoms with Crippen LogP contribution in [0.4, 0.5) is 0 Å². The molecule has 77 valence electrons. The predicted octanol–water partition coefficient (Wildman–Crippen LogP) is 1.79. The van der Waals surface area contributed by atoms with Gasteiger partial charge < -0.3 is 0 Å². The van der Waals surface area contributed by atoms with Gasteiger partial charge >= 0.3 is 0 Å². The zero-order chi connectivity index (χ0) is 9.52. The molecule has 0 aromatic carbocycles. The lowest BCUT2D eigenvalue weighted by atomic mass is 10.3. The van der Waals surface area contributed by atoms with Gasteiger partial charge in [-0.05, 0) is 19.5 Å². The molecular formula is C10H21N2S. The van der Waals surface area contributed by atoms with Crippen LogP contribution in [-0.2, 0) is 0 Å². The lowest BCUT2D eigenvalue weighted by Gasteiger charge is -2.32. The normalized spacial score (nSPS) is 23.8. The molecule has 1 radical (unpaired) electrons. The molecule has 0 N–H and O–H groups in total. The molecule has 1 aliphatic rings. The molecule has 0 spiro atoms. The topological polar surface area (TPSA) is 17.3 Å². The summed E-state index contributed by atoms with van der Waals surface area (Å²) in [5.74, 6) is 2.43. The maximum atomic E-state index is 4.66. The molecule has 1 fully saturated rings. The summed E-state index contributed by atoms with van der Waals surface area (Å²) in [6, 6.07) is 0. The fraction of sp³-hybridized carbons (Fsp3) is 1.00. The zero-order valence-electron chi connectivity index (χ0n) is 8.83. The van der Waals surface area contributed by atoms with Gasteiger partial charge in [0.25, 0.3) is 0 Å². The van der Waals surface area contributed by atoms with Crippen molar-refractivity contribution in [2.45, 2.75) is 32.9 Å². The van der Waals surface area contributed by atoms with Crippen LogP contribution in [0.1, 0.15) is 26.7 Å². The first-order chi connectivity index (χ1) is 6.38. The highest BCUT2D eigenvalue weighted by atomic mass is 32.2. The van der Waals surface area contributed by atoms with Crippen LogP contribution < -0.4 is 5.32 Å². The minimum absolute atomic E-state index is 0.510. The van der Waals surface area contributed by atoms with Crippen molar-refractivity contribution in [2.24, 2.45) is 0 Å². The predicted molar refractivity (Wildman–Crippen MR) is 60.3 cm³/mol. The van der Waals surface area contributed by atoms with Crippen molar-refractivity contribution in [3.05, 3.63) is 0 Å². The number of nitrogens with zero attached hydrogens (tertiary/aromatic N) is 2. The van der Waals surface area contributed by atoms with Crippen molar-refractivity contribution in [1.82, 2.24) is 10.2 Å². The number of rotatable bonds is 5. The van der Waals surface area contributed by atoms with Crippen molar-refractivity contribution in [3.63, 3.8) is 0 Å². The minimum Gasteiger partial charge on any atom is -0.286 e. The molecule has 2 nitrogen and oxygen atoms in total. The molecule has 1 unspecified atom stereocenters. The fourth-order valence-corrected chi connectivity index (χ4v) is 2.54. The number of hydrogen-bond donors (Lipinski definition) is 0. The van der Waals surface area contributed by atoms with E-state index in [4.69, 9.17) is 0 Å². The van der Waals surface area contributed by atoms with E-state index in [9.17, 15) is 0 Å². The Morgan fingerprint density at radius 2 is 2.31 bits per heavy atom. The summed E-state index contributed by atoms with van der Waals surface area (Å²) in [5.41, 5.74) is 0. The molecule has 0 amide bonds. The Balaban J connectivity index is 2.26. The van der Waals surface area contributed by atoms with Gasteiger partial charge in [-0.15, -0.1) is 0 Å². The molecule has 3 heteroatoms. The molecule has 0 saturated carbocycles. The molecular weight excluding hydrogens is 180 g/mol. The number of unbranched alkanes of at least 4 members (excludes halogenated alkanes) is 1. The van der Waals surface area contributed by atoms with Crippen molar-refractivity contribution in [1.29, 1.82) is 0 Å². The standard InChI is InChI=1S/C10H21N2S/c1-3-5-7-12(4-2)10-9-13-8-6-11-10/h10H,3-9H2,1-2H3. The Morgan fingerprint density at radius 3 is 2.85 bits per heavy atom. The van der Waals surface area contributed by atoms with Gasteiger partial charge in [-0.1, -0.05) is 20.3 Å². The first kappa shape index (κ1) is 11.3. The average Bonchev–Trinajstić information content (AvgIpc) is 2.21. The van der Waals surface area contributed by atoms with Crippen LogP contribution in [0.15, 0.2) is 0 Å².